The Labute approximate surface area is 191 Å². The van der Waals surface area contributed by atoms with Crippen LogP contribution < -0.4 is 0 Å². The van der Waals surface area contributed by atoms with Gasteiger partial charge in [0.25, 0.3) is 0 Å². The van der Waals surface area contributed by atoms with Gasteiger partial charge in [-0.15, -0.1) is 0 Å². The number of benzene rings is 3. The summed E-state index contributed by atoms with van der Waals surface area (Å²) in [5.74, 6) is -3.83. The van der Waals surface area contributed by atoms with Crippen LogP contribution >= 0.6 is 0 Å². The number of hydrogen-bond acceptors (Lipinski definition) is 2. The number of hydrogen-bond donors (Lipinski definition) is 0. The summed E-state index contributed by atoms with van der Waals surface area (Å²) in [6.45, 7) is 3.63. The van der Waals surface area contributed by atoms with Gasteiger partial charge in [0.2, 0.25) is 0 Å². The fraction of sp³-hybridized carbons (Fsp3) is 0.407. The molecule has 1 heterocycles. The van der Waals surface area contributed by atoms with E-state index in [1.165, 1.54) is 0 Å². The molecule has 0 amide bonds. The first-order chi connectivity index (χ1) is 15.9. The number of aryl methyl sites for hydroxylation is 3. The fourth-order valence-corrected chi connectivity index (χ4v) is 4.38. The van der Waals surface area contributed by atoms with Gasteiger partial charge in [0.05, 0.1) is 13.2 Å². The molecule has 33 heavy (non-hydrogen) atoms. The third-order valence-electron chi connectivity index (χ3n) is 6.23. The molecule has 0 atom stereocenters. The molecule has 1 fully saturated rings. The molecule has 0 radical (unpaired) electrons. The maximum Gasteiger partial charge on any atom is 0.194 e. The Morgan fingerprint density at radius 3 is 2.18 bits per heavy atom. The molecule has 0 aliphatic carbocycles. The molecule has 176 valence electrons. The standard InChI is InChI=1S/C27H28F4O2/c1-2-3-19-15-32-25(33-16-19)11-6-17-5-10-22-21(12-17)9-8-20(26(22)30)7-4-18-13-23(28)27(31)24(29)14-18/h5,8-10,12-14,19,25H,2-4,6-7,11,15-16H2,1H3. The van der Waals surface area contributed by atoms with Crippen molar-refractivity contribution < 1.29 is 27.0 Å². The van der Waals surface area contributed by atoms with E-state index >= 15 is 4.39 Å². The van der Waals surface area contributed by atoms with Crippen molar-refractivity contribution in [1.82, 2.24) is 0 Å². The SMILES string of the molecule is CCCC1COC(CCc2ccc3c(F)c(CCc4cc(F)c(F)c(F)c4)ccc3c2)OC1. The monoisotopic (exact) mass is 460 g/mol. The van der Waals surface area contributed by atoms with Crippen LogP contribution in [0, 0.1) is 29.2 Å². The van der Waals surface area contributed by atoms with E-state index in [0.717, 1.165) is 62.0 Å². The second-order valence-corrected chi connectivity index (χ2v) is 8.76. The van der Waals surface area contributed by atoms with Crippen molar-refractivity contribution in [1.29, 1.82) is 0 Å². The third-order valence-corrected chi connectivity index (χ3v) is 6.23. The average molecular weight is 461 g/mol. The topological polar surface area (TPSA) is 18.5 Å². The summed E-state index contributed by atoms with van der Waals surface area (Å²) in [5.41, 5.74) is 1.82. The first kappa shape index (κ1) is 23.7. The summed E-state index contributed by atoms with van der Waals surface area (Å²) in [6.07, 6.45) is 4.01. The van der Waals surface area contributed by atoms with Crippen molar-refractivity contribution in [3.05, 3.63) is 82.4 Å². The Kier molecular flexibility index (Phi) is 7.66. The average Bonchev–Trinajstić information content (AvgIpc) is 2.82. The summed E-state index contributed by atoms with van der Waals surface area (Å²) in [6, 6.07) is 11.1. The molecule has 0 N–H and O–H groups in total. The van der Waals surface area contributed by atoms with Crippen molar-refractivity contribution in [2.75, 3.05) is 13.2 Å². The predicted molar refractivity (Wildman–Crippen MR) is 120 cm³/mol. The van der Waals surface area contributed by atoms with Crippen LogP contribution in [0.25, 0.3) is 10.8 Å². The van der Waals surface area contributed by atoms with Crippen molar-refractivity contribution in [3.8, 4) is 0 Å². The first-order valence-electron chi connectivity index (χ1n) is 11.5. The lowest BCUT2D eigenvalue weighted by Crippen LogP contribution is -2.32. The fourth-order valence-electron chi connectivity index (χ4n) is 4.38. The Hall–Kier alpha value is -2.44. The van der Waals surface area contributed by atoms with Crippen LogP contribution in [0.2, 0.25) is 0 Å². The molecular weight excluding hydrogens is 432 g/mol. The van der Waals surface area contributed by atoms with Crippen molar-refractivity contribution in [2.24, 2.45) is 5.92 Å². The van der Waals surface area contributed by atoms with Gasteiger partial charge in [0.1, 0.15) is 5.82 Å². The highest BCUT2D eigenvalue weighted by molar-refractivity contribution is 5.84. The van der Waals surface area contributed by atoms with Crippen LogP contribution in [0.1, 0.15) is 42.9 Å². The van der Waals surface area contributed by atoms with Crippen LogP contribution in [0.15, 0.2) is 42.5 Å². The van der Waals surface area contributed by atoms with Gasteiger partial charge in [-0.2, -0.15) is 0 Å². The Morgan fingerprint density at radius 2 is 1.48 bits per heavy atom. The largest absolute Gasteiger partial charge is 0.352 e. The van der Waals surface area contributed by atoms with Gasteiger partial charge in [0.15, 0.2) is 23.7 Å². The summed E-state index contributed by atoms with van der Waals surface area (Å²) >= 11 is 0. The van der Waals surface area contributed by atoms with E-state index < -0.39 is 17.5 Å². The molecule has 6 heteroatoms. The quantitative estimate of drug-likeness (QED) is 0.269. The zero-order chi connectivity index (χ0) is 23.4. The summed E-state index contributed by atoms with van der Waals surface area (Å²) in [7, 11) is 0. The molecule has 0 bridgehead atoms. The molecule has 2 nitrogen and oxygen atoms in total. The molecular formula is C27H28F4O2. The van der Waals surface area contributed by atoms with Crippen molar-refractivity contribution in [3.63, 3.8) is 0 Å². The highest BCUT2D eigenvalue weighted by atomic mass is 19.2. The van der Waals surface area contributed by atoms with Crippen LogP contribution in [0.3, 0.4) is 0 Å². The number of rotatable bonds is 8. The second-order valence-electron chi connectivity index (χ2n) is 8.76. The van der Waals surface area contributed by atoms with Crippen LogP contribution in [-0.4, -0.2) is 19.5 Å². The van der Waals surface area contributed by atoms with Crippen molar-refractivity contribution in [2.45, 2.75) is 51.7 Å². The third kappa shape index (κ3) is 5.74. The molecule has 0 saturated carbocycles. The molecule has 0 aromatic heterocycles. The smallest absolute Gasteiger partial charge is 0.194 e. The van der Waals surface area contributed by atoms with Crippen molar-refractivity contribution >= 4 is 10.8 Å². The van der Waals surface area contributed by atoms with Gasteiger partial charge >= 0.3 is 0 Å². The van der Waals surface area contributed by atoms with E-state index in [1.807, 2.05) is 18.2 Å². The van der Waals surface area contributed by atoms with Crippen LogP contribution in [-0.2, 0) is 28.7 Å². The molecule has 1 saturated heterocycles. The van der Waals surface area contributed by atoms with E-state index in [1.54, 1.807) is 12.1 Å². The van der Waals surface area contributed by atoms with Gasteiger partial charge in [-0.25, -0.2) is 17.6 Å². The molecule has 0 unspecified atom stereocenters. The Bertz CT molecular complexity index is 1080. The highest BCUT2D eigenvalue weighted by Gasteiger charge is 2.21. The van der Waals surface area contributed by atoms with E-state index in [2.05, 4.69) is 6.92 Å². The summed E-state index contributed by atoms with van der Waals surface area (Å²) < 4.78 is 66.7. The van der Waals surface area contributed by atoms with E-state index in [9.17, 15) is 13.2 Å². The van der Waals surface area contributed by atoms with Gasteiger partial charge in [0, 0.05) is 17.7 Å². The maximum absolute atomic E-state index is 15.1. The van der Waals surface area contributed by atoms with E-state index in [-0.39, 0.29) is 30.5 Å². The number of ether oxygens (including phenoxy) is 2. The first-order valence-corrected chi connectivity index (χ1v) is 11.5. The number of halogens is 4. The normalized spacial score (nSPS) is 18.7. The molecule has 3 aromatic rings. The molecule has 1 aliphatic heterocycles. The maximum atomic E-state index is 15.1. The van der Waals surface area contributed by atoms with E-state index in [0.29, 0.717) is 16.9 Å². The summed E-state index contributed by atoms with van der Waals surface area (Å²) in [5, 5.41) is 1.29. The van der Waals surface area contributed by atoms with Gasteiger partial charge < -0.3 is 9.47 Å². The Balaban J connectivity index is 1.38. The minimum Gasteiger partial charge on any atom is -0.352 e. The molecule has 0 spiro atoms. The zero-order valence-electron chi connectivity index (χ0n) is 18.7. The molecule has 4 rings (SSSR count). The lowest BCUT2D eigenvalue weighted by molar-refractivity contribution is -0.203. The van der Waals surface area contributed by atoms with Crippen LogP contribution in [0.4, 0.5) is 17.6 Å². The molecule has 3 aromatic carbocycles. The summed E-state index contributed by atoms with van der Waals surface area (Å²) in [4.78, 5) is 0. The van der Waals surface area contributed by atoms with Gasteiger partial charge in [-0.1, -0.05) is 43.7 Å². The van der Waals surface area contributed by atoms with Gasteiger partial charge in [-0.3, -0.25) is 0 Å². The lowest BCUT2D eigenvalue weighted by atomic mass is 9.98. The Morgan fingerprint density at radius 1 is 0.758 bits per heavy atom. The van der Waals surface area contributed by atoms with Crippen LogP contribution in [0.5, 0.6) is 0 Å². The minimum atomic E-state index is -1.49. The lowest BCUT2D eigenvalue weighted by Gasteiger charge is -2.29. The predicted octanol–water partition coefficient (Wildman–Crippen LogP) is 6.90. The number of fused-ring (bicyclic) bond motifs is 1. The zero-order valence-corrected chi connectivity index (χ0v) is 18.7. The highest BCUT2D eigenvalue weighted by Crippen LogP contribution is 2.26. The molecule has 1 aliphatic rings. The minimum absolute atomic E-state index is 0.200. The second kappa shape index (κ2) is 10.7. The van der Waals surface area contributed by atoms with Gasteiger partial charge in [-0.05, 0) is 59.9 Å². The van der Waals surface area contributed by atoms with E-state index in [4.69, 9.17) is 9.47 Å².